The number of carbonyl (C=O) groups is 3. The van der Waals surface area contributed by atoms with Crippen molar-refractivity contribution in [2.75, 3.05) is 22.9 Å². The van der Waals surface area contributed by atoms with Gasteiger partial charge in [0.25, 0.3) is 11.8 Å². The topological polar surface area (TPSA) is 110 Å². The minimum Gasteiger partial charge on any atom is -0.351 e. The maximum absolute atomic E-state index is 15.5. The molecule has 3 aliphatic rings. The number of nitriles is 1. The van der Waals surface area contributed by atoms with Gasteiger partial charge < -0.3 is 5.32 Å². The van der Waals surface area contributed by atoms with E-state index in [4.69, 9.17) is 0 Å². The minimum atomic E-state index is -3.02. The first-order valence-electron chi connectivity index (χ1n) is 14.6. The van der Waals surface area contributed by atoms with Crippen LogP contribution in [0.25, 0.3) is 0 Å². The van der Waals surface area contributed by atoms with Gasteiger partial charge in [-0.25, -0.2) is 26.9 Å². The number of aromatic nitrogens is 1. The van der Waals surface area contributed by atoms with Gasteiger partial charge in [-0.2, -0.15) is 5.26 Å². The van der Waals surface area contributed by atoms with Crippen molar-refractivity contribution in [2.24, 2.45) is 0 Å². The molecule has 0 bridgehead atoms. The first-order valence-corrected chi connectivity index (χ1v) is 14.6. The van der Waals surface area contributed by atoms with E-state index >= 15 is 4.39 Å². The van der Waals surface area contributed by atoms with Gasteiger partial charge in [0.05, 0.1) is 23.9 Å². The van der Waals surface area contributed by atoms with Crippen molar-refractivity contribution in [1.82, 2.24) is 15.2 Å². The monoisotopic (exact) mass is 638 g/mol. The van der Waals surface area contributed by atoms with Crippen LogP contribution in [-0.4, -0.2) is 64.7 Å². The molecule has 6 rings (SSSR count). The molecule has 1 N–H and O–H groups in total. The number of amides is 3. The summed E-state index contributed by atoms with van der Waals surface area (Å²) in [5.74, 6) is -8.89. The zero-order valence-corrected chi connectivity index (χ0v) is 24.2. The highest BCUT2D eigenvalue weighted by Crippen LogP contribution is 2.39. The fourth-order valence-corrected chi connectivity index (χ4v) is 5.99. The van der Waals surface area contributed by atoms with Crippen LogP contribution in [0, 0.1) is 28.8 Å². The Kier molecular flexibility index (Phi) is 8.20. The van der Waals surface area contributed by atoms with Gasteiger partial charge >= 0.3 is 0 Å². The lowest BCUT2D eigenvalue weighted by atomic mass is 9.87. The predicted octanol–water partition coefficient (Wildman–Crippen LogP) is 4.24. The lowest BCUT2D eigenvalue weighted by Gasteiger charge is -2.43. The van der Waals surface area contributed by atoms with Gasteiger partial charge in [-0.3, -0.25) is 29.1 Å². The van der Waals surface area contributed by atoms with Crippen LogP contribution in [0.5, 0.6) is 0 Å². The van der Waals surface area contributed by atoms with Gasteiger partial charge in [-0.05, 0) is 43.2 Å². The molecular weight excluding hydrogens is 611 g/mol. The minimum absolute atomic E-state index is 0.00851. The molecule has 3 aromatic rings. The fraction of sp³-hybridized carbons (Fsp3) is 0.344. The molecule has 14 heteroatoms. The lowest BCUT2D eigenvalue weighted by molar-refractivity contribution is -0.134. The van der Waals surface area contributed by atoms with E-state index in [0.29, 0.717) is 11.0 Å². The van der Waals surface area contributed by atoms with Crippen molar-refractivity contribution in [2.45, 2.75) is 55.8 Å². The molecule has 238 valence electrons. The molecule has 3 amide bonds. The van der Waals surface area contributed by atoms with E-state index in [1.807, 2.05) is 6.07 Å². The lowest BCUT2D eigenvalue weighted by Crippen LogP contribution is -2.64. The van der Waals surface area contributed by atoms with Crippen molar-refractivity contribution in [3.05, 3.63) is 89.4 Å². The number of hydrogen-bond donors (Lipinski definition) is 1. The summed E-state index contributed by atoms with van der Waals surface area (Å²) >= 11 is 0. The molecule has 9 nitrogen and oxygen atoms in total. The molecule has 1 aromatic heterocycles. The van der Waals surface area contributed by atoms with Crippen LogP contribution in [0.15, 0.2) is 60.8 Å². The summed E-state index contributed by atoms with van der Waals surface area (Å²) in [7, 11) is 0. The Morgan fingerprint density at radius 3 is 2.37 bits per heavy atom. The second-order valence-corrected chi connectivity index (χ2v) is 11.7. The number of rotatable bonds is 8. The Labute approximate surface area is 260 Å². The number of nitrogens with zero attached hydrogens (tertiary/aromatic N) is 5. The quantitative estimate of drug-likeness (QED) is 0.370. The smallest absolute Gasteiger partial charge is 0.252 e. The largest absolute Gasteiger partial charge is 0.351 e. The first-order chi connectivity index (χ1) is 21.9. The van der Waals surface area contributed by atoms with Crippen molar-refractivity contribution in [3.8, 4) is 6.07 Å². The van der Waals surface area contributed by atoms with E-state index in [1.165, 1.54) is 36.5 Å². The zero-order chi connectivity index (χ0) is 32.7. The summed E-state index contributed by atoms with van der Waals surface area (Å²) < 4.78 is 72.3. The molecule has 2 aromatic carbocycles. The van der Waals surface area contributed by atoms with Crippen molar-refractivity contribution < 1.29 is 36.3 Å². The first kappa shape index (κ1) is 31.1. The summed E-state index contributed by atoms with van der Waals surface area (Å²) in [6.45, 7) is -0.170. The van der Waals surface area contributed by atoms with Gasteiger partial charge in [0, 0.05) is 49.3 Å². The Morgan fingerprint density at radius 1 is 1.04 bits per heavy atom. The van der Waals surface area contributed by atoms with E-state index in [1.54, 1.807) is 4.90 Å². The normalized spacial score (nSPS) is 20.4. The molecule has 0 spiro atoms. The highest BCUT2D eigenvalue weighted by Gasteiger charge is 2.49. The molecule has 1 saturated heterocycles. The number of carbonyl (C=O) groups excluding carboxylic acids is 3. The number of anilines is 2. The van der Waals surface area contributed by atoms with Crippen molar-refractivity contribution >= 4 is 29.2 Å². The Hall–Kier alpha value is -4.90. The van der Waals surface area contributed by atoms with E-state index in [2.05, 4.69) is 10.3 Å². The van der Waals surface area contributed by atoms with Crippen molar-refractivity contribution in [1.29, 1.82) is 5.26 Å². The summed E-state index contributed by atoms with van der Waals surface area (Å²) in [6, 6.07) is 7.27. The molecule has 46 heavy (non-hydrogen) atoms. The average Bonchev–Trinajstić information content (AvgIpc) is 3.84. The second-order valence-electron chi connectivity index (χ2n) is 11.7. The van der Waals surface area contributed by atoms with Crippen LogP contribution in [0.3, 0.4) is 0 Å². The van der Waals surface area contributed by atoms with E-state index in [9.17, 15) is 37.2 Å². The highest BCUT2D eigenvalue weighted by molar-refractivity contribution is 6.10. The Balaban J connectivity index is 1.49. The van der Waals surface area contributed by atoms with E-state index < -0.39 is 77.8 Å². The molecule has 0 radical (unpaired) electrons. The number of benzene rings is 2. The fourth-order valence-electron chi connectivity index (χ4n) is 5.99. The Bertz CT molecular complexity index is 1720. The van der Waals surface area contributed by atoms with Crippen LogP contribution in [0.1, 0.15) is 42.9 Å². The second kappa shape index (κ2) is 12.1. The summed E-state index contributed by atoms with van der Waals surface area (Å²) in [5.41, 5.74) is -0.709. The van der Waals surface area contributed by atoms with Gasteiger partial charge in [-0.1, -0.05) is 18.2 Å². The van der Waals surface area contributed by atoms with E-state index in [0.717, 1.165) is 35.9 Å². The molecule has 2 heterocycles. The third-order valence-electron chi connectivity index (χ3n) is 8.30. The molecule has 3 fully saturated rings. The summed E-state index contributed by atoms with van der Waals surface area (Å²) in [4.78, 5) is 50.2. The molecule has 2 unspecified atom stereocenters. The Morgan fingerprint density at radius 2 is 1.74 bits per heavy atom. The third kappa shape index (κ3) is 6.28. The molecule has 1 aliphatic heterocycles. The maximum atomic E-state index is 15.5. The highest BCUT2D eigenvalue weighted by atomic mass is 19.3. The van der Waals surface area contributed by atoms with Gasteiger partial charge in [0.1, 0.15) is 35.4 Å². The zero-order valence-electron chi connectivity index (χ0n) is 24.2. The number of nitrogens with one attached hydrogen (secondary N) is 1. The third-order valence-corrected chi connectivity index (χ3v) is 8.30. The van der Waals surface area contributed by atoms with E-state index in [-0.39, 0.29) is 36.1 Å². The van der Waals surface area contributed by atoms with Crippen LogP contribution in [0.2, 0.25) is 0 Å². The average molecular weight is 639 g/mol. The molecular formula is C32H27F5N6O3. The number of pyridine rings is 1. The van der Waals surface area contributed by atoms with Gasteiger partial charge in [0.2, 0.25) is 11.8 Å². The maximum Gasteiger partial charge on any atom is 0.252 e. The summed E-state index contributed by atoms with van der Waals surface area (Å²) in [6.07, 6.45) is 1.43. The van der Waals surface area contributed by atoms with Crippen LogP contribution < -0.4 is 15.1 Å². The molecule has 2 saturated carbocycles. The number of hydrogen-bond acceptors (Lipinski definition) is 6. The predicted molar refractivity (Wildman–Crippen MR) is 154 cm³/mol. The number of halogens is 5. The van der Waals surface area contributed by atoms with Crippen molar-refractivity contribution in [3.63, 3.8) is 0 Å². The SMILES string of the molecule is N#Cc1ccnc(N2C(=O)CN(C3CC3)CC2C(=O)N(c2cc(F)cc(F)c2)C(C(=O)NC2CC(F)(F)C2)c2ccccc2F)c1. The number of alkyl halides is 2. The molecule has 2 aliphatic carbocycles. The number of piperazine rings is 1. The van der Waals surface area contributed by atoms with Crippen LogP contribution in [0.4, 0.5) is 33.5 Å². The standard InChI is InChI=1S/C32H27F5N6O3/c33-19-10-20(34)12-23(11-19)42(29(24-3-1-2-4-25(24)35)30(45)40-21-13-32(36,37)14-21)31(46)26-16-41(22-5-6-22)17-28(44)43(26)27-9-18(15-38)7-8-39-27/h1-4,7-12,21-22,26,29H,5-6,13-14,16-17H2,(H,40,45). The van der Waals surface area contributed by atoms with Crippen LogP contribution in [-0.2, 0) is 14.4 Å². The summed E-state index contributed by atoms with van der Waals surface area (Å²) in [5, 5.41) is 11.9. The molecule has 2 atom stereocenters. The van der Waals surface area contributed by atoms with Gasteiger partial charge in [-0.15, -0.1) is 0 Å². The van der Waals surface area contributed by atoms with Gasteiger partial charge in [0.15, 0.2) is 0 Å². The van der Waals surface area contributed by atoms with Crippen LogP contribution >= 0.6 is 0 Å².